The quantitative estimate of drug-likeness (QED) is 0.416. The van der Waals surface area contributed by atoms with Crippen LogP contribution in [0.5, 0.6) is 0 Å². The molecule has 0 aliphatic rings. The van der Waals surface area contributed by atoms with E-state index in [1.54, 1.807) is 36.4 Å². The summed E-state index contributed by atoms with van der Waals surface area (Å²) in [5.41, 5.74) is 0.110. The first-order valence-electron chi connectivity index (χ1n) is 3.73. The molecule has 0 aromatic heterocycles. The van der Waals surface area contributed by atoms with Crippen molar-refractivity contribution >= 4 is 11.4 Å². The summed E-state index contributed by atoms with van der Waals surface area (Å²) in [6, 6.07) is 10.1. The molecular weight excluding hydrogens is 182 g/mol. The molecule has 14 heavy (non-hydrogen) atoms. The average Bonchev–Trinajstić information content (AvgIpc) is 2.27. The van der Waals surface area contributed by atoms with Gasteiger partial charge in [-0.25, -0.2) is 0 Å². The molecule has 0 bridgehead atoms. The maximum atomic E-state index is 8.66. The molecule has 0 atom stereocenters. The summed E-state index contributed by atoms with van der Waals surface area (Å²) in [5.74, 6) is 0. The first kappa shape index (κ1) is 9.74. The van der Waals surface area contributed by atoms with E-state index in [1.807, 2.05) is 0 Å². The predicted octanol–water partition coefficient (Wildman–Crippen LogP) is 1.22. The van der Waals surface area contributed by atoms with E-state index in [4.69, 9.17) is 15.7 Å². The van der Waals surface area contributed by atoms with Crippen LogP contribution in [-0.2, 0) is 0 Å². The summed E-state index contributed by atoms with van der Waals surface area (Å²) in [6.07, 6.45) is 0. The van der Waals surface area contributed by atoms with Crippen LogP contribution in [0.3, 0.4) is 0 Å². The molecule has 0 radical (unpaired) electrons. The van der Waals surface area contributed by atoms with Gasteiger partial charge in [-0.1, -0.05) is 40.6 Å². The topological polar surface area (TPSA) is 89.0 Å². The van der Waals surface area contributed by atoms with E-state index in [2.05, 4.69) is 10.3 Å². The van der Waals surface area contributed by atoms with Crippen molar-refractivity contribution in [3.63, 3.8) is 0 Å². The minimum atomic E-state index is -0.335. The molecule has 0 spiro atoms. The van der Waals surface area contributed by atoms with Crippen LogP contribution in [0.15, 0.2) is 40.6 Å². The first-order chi connectivity index (χ1) is 6.83. The minimum Gasteiger partial charge on any atom is -0.410 e. The van der Waals surface area contributed by atoms with Gasteiger partial charge in [0.15, 0.2) is 0 Å². The van der Waals surface area contributed by atoms with E-state index in [1.165, 1.54) is 0 Å². The normalized spacial score (nSPS) is 12.2. The van der Waals surface area contributed by atoms with Gasteiger partial charge in [0.2, 0.25) is 5.71 Å². The van der Waals surface area contributed by atoms with E-state index in [-0.39, 0.29) is 11.4 Å². The summed E-state index contributed by atoms with van der Waals surface area (Å²) in [6.45, 7) is 0. The Kier molecular flexibility index (Phi) is 3.21. The molecular formula is C9H7N3O2. The molecule has 1 rings (SSSR count). The highest BCUT2D eigenvalue weighted by atomic mass is 16.4. The van der Waals surface area contributed by atoms with E-state index in [0.29, 0.717) is 5.56 Å². The van der Waals surface area contributed by atoms with Crippen LogP contribution in [0.2, 0.25) is 0 Å². The molecule has 70 valence electrons. The lowest BCUT2D eigenvalue weighted by molar-refractivity contribution is 0.315. The van der Waals surface area contributed by atoms with Gasteiger partial charge in [-0.2, -0.15) is 5.26 Å². The van der Waals surface area contributed by atoms with Crippen molar-refractivity contribution in [1.82, 2.24) is 0 Å². The molecule has 0 aliphatic heterocycles. The van der Waals surface area contributed by atoms with Gasteiger partial charge in [-0.3, -0.25) is 0 Å². The van der Waals surface area contributed by atoms with Crippen LogP contribution in [0.25, 0.3) is 0 Å². The Morgan fingerprint density at radius 2 is 1.79 bits per heavy atom. The van der Waals surface area contributed by atoms with Crippen LogP contribution < -0.4 is 0 Å². The lowest BCUT2D eigenvalue weighted by atomic mass is 10.1. The van der Waals surface area contributed by atoms with Crippen LogP contribution >= 0.6 is 0 Å². The third-order valence-corrected chi connectivity index (χ3v) is 1.58. The number of hydrogen-bond acceptors (Lipinski definition) is 5. The molecule has 0 amide bonds. The Morgan fingerprint density at radius 3 is 2.21 bits per heavy atom. The zero-order valence-corrected chi connectivity index (χ0v) is 7.12. The lowest BCUT2D eigenvalue weighted by Gasteiger charge is -1.99. The van der Waals surface area contributed by atoms with Gasteiger partial charge in [0.05, 0.1) is 0 Å². The summed E-state index contributed by atoms with van der Waals surface area (Å²) >= 11 is 0. The second kappa shape index (κ2) is 4.62. The van der Waals surface area contributed by atoms with Crippen LogP contribution in [0.4, 0.5) is 0 Å². The zero-order chi connectivity index (χ0) is 10.4. The average molecular weight is 189 g/mol. The third-order valence-electron chi connectivity index (χ3n) is 1.58. The van der Waals surface area contributed by atoms with E-state index in [9.17, 15) is 0 Å². The van der Waals surface area contributed by atoms with Crippen molar-refractivity contribution in [3.8, 4) is 6.07 Å². The van der Waals surface area contributed by atoms with Crippen molar-refractivity contribution in [3.05, 3.63) is 35.9 Å². The van der Waals surface area contributed by atoms with Crippen molar-refractivity contribution in [1.29, 1.82) is 5.26 Å². The van der Waals surface area contributed by atoms with Crippen LogP contribution in [0, 0.1) is 11.3 Å². The highest BCUT2D eigenvalue weighted by molar-refractivity contribution is 6.53. The highest BCUT2D eigenvalue weighted by Gasteiger charge is 2.11. The molecule has 0 unspecified atom stereocenters. The van der Waals surface area contributed by atoms with Gasteiger partial charge >= 0.3 is 0 Å². The fraction of sp³-hybridized carbons (Fsp3) is 0. The molecule has 1 aromatic rings. The lowest BCUT2D eigenvalue weighted by Crippen LogP contribution is -2.13. The Balaban J connectivity index is 3.15. The van der Waals surface area contributed by atoms with Crippen LogP contribution in [-0.4, -0.2) is 21.8 Å². The predicted molar refractivity (Wildman–Crippen MR) is 49.6 cm³/mol. The van der Waals surface area contributed by atoms with Crippen molar-refractivity contribution < 1.29 is 10.4 Å². The number of hydrogen-bond donors (Lipinski definition) is 2. The van der Waals surface area contributed by atoms with Crippen molar-refractivity contribution in [2.24, 2.45) is 10.3 Å². The molecule has 0 saturated heterocycles. The summed E-state index contributed by atoms with van der Waals surface area (Å²) in [7, 11) is 0. The van der Waals surface area contributed by atoms with Crippen molar-refractivity contribution in [2.45, 2.75) is 0 Å². The van der Waals surface area contributed by atoms with Gasteiger partial charge in [0.25, 0.3) is 0 Å². The van der Waals surface area contributed by atoms with Gasteiger partial charge in [-0.05, 0) is 0 Å². The van der Waals surface area contributed by atoms with Gasteiger partial charge in [-0.15, -0.1) is 0 Å². The van der Waals surface area contributed by atoms with Gasteiger partial charge in [0, 0.05) is 5.56 Å². The molecule has 0 heterocycles. The summed E-state index contributed by atoms with van der Waals surface area (Å²) < 4.78 is 0. The maximum Gasteiger partial charge on any atom is 0.209 e. The highest BCUT2D eigenvalue weighted by Crippen LogP contribution is 2.02. The molecule has 5 nitrogen and oxygen atoms in total. The number of rotatable bonds is 2. The molecule has 0 saturated carbocycles. The number of oxime groups is 2. The monoisotopic (exact) mass is 189 g/mol. The molecule has 2 N–H and O–H groups in total. The van der Waals surface area contributed by atoms with E-state index >= 15 is 0 Å². The Morgan fingerprint density at radius 1 is 1.14 bits per heavy atom. The van der Waals surface area contributed by atoms with Gasteiger partial charge in [0.1, 0.15) is 11.8 Å². The second-order valence-electron chi connectivity index (χ2n) is 2.38. The molecule has 5 heteroatoms. The zero-order valence-electron chi connectivity index (χ0n) is 7.12. The SMILES string of the molecule is N#CC(=N\O)/C(=N/O)c1ccccc1. The van der Waals surface area contributed by atoms with E-state index in [0.717, 1.165) is 0 Å². The fourth-order valence-corrected chi connectivity index (χ4v) is 0.961. The number of nitriles is 1. The smallest absolute Gasteiger partial charge is 0.209 e. The number of benzene rings is 1. The standard InChI is InChI=1S/C9H7N3O2/c10-6-8(11-13)9(12-14)7-4-2-1-3-5-7/h1-5,13-14H/b11-8+,12-9+. The van der Waals surface area contributed by atoms with E-state index < -0.39 is 0 Å². The third kappa shape index (κ3) is 1.87. The summed E-state index contributed by atoms with van der Waals surface area (Å²) in [4.78, 5) is 0. The Labute approximate surface area is 80.2 Å². The maximum absolute atomic E-state index is 8.66. The summed E-state index contributed by atoms with van der Waals surface area (Å²) in [5, 5.41) is 31.3. The fourth-order valence-electron chi connectivity index (χ4n) is 0.961. The molecule has 0 fully saturated rings. The first-order valence-corrected chi connectivity index (χ1v) is 3.73. The Bertz CT molecular complexity index is 404. The van der Waals surface area contributed by atoms with Crippen LogP contribution in [0.1, 0.15) is 5.56 Å². The Hall–Kier alpha value is -2.35. The minimum absolute atomic E-state index is 0.0596. The molecule has 1 aromatic carbocycles. The molecule has 0 aliphatic carbocycles. The van der Waals surface area contributed by atoms with Crippen molar-refractivity contribution in [2.75, 3.05) is 0 Å². The second-order valence-corrected chi connectivity index (χ2v) is 2.38. The van der Waals surface area contributed by atoms with Gasteiger partial charge < -0.3 is 10.4 Å². The number of nitrogens with zero attached hydrogens (tertiary/aromatic N) is 3. The largest absolute Gasteiger partial charge is 0.410 e.